The van der Waals surface area contributed by atoms with Crippen molar-refractivity contribution in [1.29, 1.82) is 0 Å². The number of anilines is 2. The van der Waals surface area contributed by atoms with E-state index in [1.807, 2.05) is 4.90 Å². The molecule has 0 atom stereocenters. The van der Waals surface area contributed by atoms with Crippen molar-refractivity contribution < 1.29 is 22.7 Å². The number of halogens is 1. The van der Waals surface area contributed by atoms with E-state index in [2.05, 4.69) is 16.6 Å². The molecule has 0 amide bonds. The van der Waals surface area contributed by atoms with Crippen LogP contribution in [0.2, 0.25) is 0 Å². The van der Waals surface area contributed by atoms with E-state index in [0.29, 0.717) is 24.8 Å². The van der Waals surface area contributed by atoms with E-state index >= 15 is 0 Å². The van der Waals surface area contributed by atoms with Gasteiger partial charge in [0.1, 0.15) is 5.82 Å². The van der Waals surface area contributed by atoms with Crippen LogP contribution in [-0.4, -0.2) is 37.6 Å². The summed E-state index contributed by atoms with van der Waals surface area (Å²) in [6.07, 6.45) is 3.06. The highest BCUT2D eigenvalue weighted by atomic mass is 32.2. The number of carboxylic acids is 1. The van der Waals surface area contributed by atoms with Crippen LogP contribution in [-0.2, 0) is 10.0 Å². The van der Waals surface area contributed by atoms with Crippen LogP contribution >= 0.6 is 0 Å². The maximum atomic E-state index is 13.4. The molecule has 1 saturated heterocycles. The van der Waals surface area contributed by atoms with Gasteiger partial charge in [0.15, 0.2) is 5.82 Å². The van der Waals surface area contributed by atoms with Crippen LogP contribution in [0.5, 0.6) is 0 Å². The van der Waals surface area contributed by atoms with E-state index in [1.165, 1.54) is 24.4 Å². The van der Waals surface area contributed by atoms with Crippen molar-refractivity contribution in [3.05, 3.63) is 47.9 Å². The quantitative estimate of drug-likeness (QED) is 0.810. The molecule has 1 fully saturated rings. The molecule has 0 bridgehead atoms. The first-order chi connectivity index (χ1) is 12.8. The van der Waals surface area contributed by atoms with Gasteiger partial charge >= 0.3 is 5.97 Å². The molecule has 0 aliphatic carbocycles. The minimum absolute atomic E-state index is 0.0636. The molecule has 2 N–H and O–H groups in total. The monoisotopic (exact) mass is 393 g/mol. The van der Waals surface area contributed by atoms with Crippen molar-refractivity contribution in [2.24, 2.45) is 5.92 Å². The van der Waals surface area contributed by atoms with Crippen molar-refractivity contribution in [3.8, 4) is 0 Å². The Morgan fingerprint density at radius 1 is 1.30 bits per heavy atom. The lowest BCUT2D eigenvalue weighted by molar-refractivity contribution is 0.0696. The number of nitrogens with zero attached hydrogens (tertiary/aromatic N) is 2. The highest BCUT2D eigenvalue weighted by Crippen LogP contribution is 2.30. The number of benzene rings is 1. The molecule has 2 aromatic rings. The maximum absolute atomic E-state index is 13.4. The van der Waals surface area contributed by atoms with Gasteiger partial charge in [0.05, 0.1) is 16.1 Å². The molecule has 3 rings (SSSR count). The van der Waals surface area contributed by atoms with Gasteiger partial charge in [-0.05, 0) is 43.0 Å². The summed E-state index contributed by atoms with van der Waals surface area (Å²) >= 11 is 0. The summed E-state index contributed by atoms with van der Waals surface area (Å²) in [6, 6.07) is 5.84. The first-order valence-electron chi connectivity index (χ1n) is 8.53. The Labute approximate surface area is 156 Å². The van der Waals surface area contributed by atoms with Crippen LogP contribution in [0, 0.1) is 11.7 Å². The van der Waals surface area contributed by atoms with E-state index in [9.17, 15) is 22.7 Å². The third kappa shape index (κ3) is 4.36. The Morgan fingerprint density at radius 3 is 2.63 bits per heavy atom. The maximum Gasteiger partial charge on any atom is 0.337 e. The van der Waals surface area contributed by atoms with Crippen LogP contribution in [0.3, 0.4) is 0 Å². The molecule has 144 valence electrons. The average Bonchev–Trinajstić information content (AvgIpc) is 2.62. The lowest BCUT2D eigenvalue weighted by Crippen LogP contribution is -2.34. The molecule has 0 spiro atoms. The number of carboxylic acid groups (broad SMARTS) is 1. The molecule has 1 aromatic heterocycles. The molecule has 1 aliphatic heterocycles. The second-order valence-corrected chi connectivity index (χ2v) is 8.32. The smallest absolute Gasteiger partial charge is 0.337 e. The zero-order valence-electron chi connectivity index (χ0n) is 14.7. The molecule has 1 aromatic carbocycles. The van der Waals surface area contributed by atoms with E-state index in [-0.39, 0.29) is 16.1 Å². The lowest BCUT2D eigenvalue weighted by Gasteiger charge is -2.32. The molecule has 7 nitrogen and oxygen atoms in total. The van der Waals surface area contributed by atoms with E-state index in [0.717, 1.165) is 25.0 Å². The number of rotatable bonds is 5. The van der Waals surface area contributed by atoms with Crippen LogP contribution in [0.25, 0.3) is 0 Å². The van der Waals surface area contributed by atoms with E-state index in [4.69, 9.17) is 0 Å². The molecule has 0 saturated carbocycles. The van der Waals surface area contributed by atoms with Gasteiger partial charge in [-0.2, -0.15) is 0 Å². The molecule has 1 aliphatic rings. The summed E-state index contributed by atoms with van der Waals surface area (Å²) in [5, 5.41) is 9.22. The van der Waals surface area contributed by atoms with Crippen LogP contribution in [0.4, 0.5) is 15.9 Å². The number of hydrogen-bond donors (Lipinski definition) is 2. The summed E-state index contributed by atoms with van der Waals surface area (Å²) in [7, 11) is -4.10. The summed E-state index contributed by atoms with van der Waals surface area (Å²) in [6.45, 7) is 3.52. The third-order valence-corrected chi connectivity index (χ3v) is 5.91. The Bertz CT molecular complexity index is 957. The van der Waals surface area contributed by atoms with Gasteiger partial charge in [-0.3, -0.25) is 4.72 Å². The van der Waals surface area contributed by atoms with Crippen molar-refractivity contribution in [2.75, 3.05) is 22.7 Å². The lowest BCUT2D eigenvalue weighted by atomic mass is 9.99. The number of sulfonamides is 1. The highest BCUT2D eigenvalue weighted by molar-refractivity contribution is 7.92. The predicted octanol–water partition coefficient (Wildman–Crippen LogP) is 2.96. The molecular weight excluding hydrogens is 373 g/mol. The normalized spacial score (nSPS) is 15.6. The van der Waals surface area contributed by atoms with Gasteiger partial charge in [-0.1, -0.05) is 13.0 Å². The minimum Gasteiger partial charge on any atom is -0.478 e. The number of carbonyl (C=O) groups is 1. The van der Waals surface area contributed by atoms with Gasteiger partial charge in [0.2, 0.25) is 0 Å². The van der Waals surface area contributed by atoms with Crippen molar-refractivity contribution >= 4 is 27.5 Å². The third-order valence-electron chi connectivity index (χ3n) is 4.55. The van der Waals surface area contributed by atoms with Gasteiger partial charge in [-0.25, -0.2) is 22.6 Å². The second kappa shape index (κ2) is 7.51. The van der Waals surface area contributed by atoms with Gasteiger partial charge < -0.3 is 10.0 Å². The number of pyridine rings is 1. The fraction of sp³-hybridized carbons (Fsp3) is 0.333. The number of aromatic nitrogens is 1. The van der Waals surface area contributed by atoms with E-state index in [1.54, 1.807) is 0 Å². The number of piperidine rings is 1. The van der Waals surface area contributed by atoms with Crippen LogP contribution in [0.1, 0.15) is 30.1 Å². The van der Waals surface area contributed by atoms with Crippen LogP contribution < -0.4 is 9.62 Å². The summed E-state index contributed by atoms with van der Waals surface area (Å²) in [5.74, 6) is -0.966. The fourth-order valence-corrected chi connectivity index (χ4v) is 4.04. The molecule has 2 heterocycles. The average molecular weight is 393 g/mol. The molecule has 0 unspecified atom stereocenters. The number of hydrogen-bond acceptors (Lipinski definition) is 5. The first-order valence-corrected chi connectivity index (χ1v) is 10.0. The van der Waals surface area contributed by atoms with Crippen molar-refractivity contribution in [1.82, 2.24) is 4.98 Å². The predicted molar refractivity (Wildman–Crippen MR) is 99.0 cm³/mol. The van der Waals surface area contributed by atoms with E-state index < -0.39 is 21.8 Å². The SMILES string of the molecule is CC1CCN(c2ncc(C(=O)O)cc2NS(=O)(=O)c2cccc(F)c2)CC1. The molecule has 27 heavy (non-hydrogen) atoms. The van der Waals surface area contributed by atoms with Crippen molar-refractivity contribution in [2.45, 2.75) is 24.7 Å². The van der Waals surface area contributed by atoms with Gasteiger partial charge in [0, 0.05) is 19.3 Å². The Hall–Kier alpha value is -2.68. The Kier molecular flexibility index (Phi) is 5.31. The number of nitrogens with one attached hydrogen (secondary N) is 1. The van der Waals surface area contributed by atoms with Gasteiger partial charge in [-0.15, -0.1) is 0 Å². The summed E-state index contributed by atoms with van der Waals surface area (Å²) < 4.78 is 41.1. The summed E-state index contributed by atoms with van der Waals surface area (Å²) in [5.41, 5.74) is -0.0743. The zero-order valence-corrected chi connectivity index (χ0v) is 15.5. The van der Waals surface area contributed by atoms with Crippen LogP contribution in [0.15, 0.2) is 41.4 Å². The molecule has 0 radical (unpaired) electrons. The van der Waals surface area contributed by atoms with Crippen molar-refractivity contribution in [3.63, 3.8) is 0 Å². The first kappa shape index (κ1) is 19.1. The fourth-order valence-electron chi connectivity index (χ4n) is 2.96. The Balaban J connectivity index is 1.99. The topological polar surface area (TPSA) is 99.6 Å². The molecule has 9 heteroatoms. The second-order valence-electron chi connectivity index (χ2n) is 6.63. The molecular formula is C18H20FN3O4S. The Morgan fingerprint density at radius 2 is 2.00 bits per heavy atom. The largest absolute Gasteiger partial charge is 0.478 e. The van der Waals surface area contributed by atoms with Gasteiger partial charge in [0.25, 0.3) is 10.0 Å². The standard InChI is InChI=1S/C18H20FN3O4S/c1-12-5-7-22(8-6-12)17-16(9-13(11-20-17)18(23)24)21-27(25,26)15-4-2-3-14(19)10-15/h2-4,9-12,21H,5-8H2,1H3,(H,23,24). The summed E-state index contributed by atoms with van der Waals surface area (Å²) in [4.78, 5) is 17.1. The highest BCUT2D eigenvalue weighted by Gasteiger charge is 2.24. The number of aromatic carboxylic acids is 1. The zero-order chi connectivity index (χ0) is 19.6. The minimum atomic E-state index is -4.10.